The number of ether oxygens (including phenoxy) is 2. The molecule has 0 aliphatic rings. The van der Waals surface area contributed by atoms with Crippen molar-refractivity contribution in [3.8, 4) is 11.5 Å². The minimum Gasteiger partial charge on any atom is -0.497 e. The lowest BCUT2D eigenvalue weighted by Gasteiger charge is -2.14. The van der Waals surface area contributed by atoms with Crippen LogP contribution in [-0.2, 0) is 0 Å². The quantitative estimate of drug-likeness (QED) is 0.587. The maximum Gasteiger partial charge on any atom is 0.123 e. The summed E-state index contributed by atoms with van der Waals surface area (Å²) in [7, 11) is 3.30. The van der Waals surface area contributed by atoms with Gasteiger partial charge < -0.3 is 9.47 Å². The van der Waals surface area contributed by atoms with Crippen molar-refractivity contribution in [1.29, 1.82) is 0 Å². The Hall–Kier alpha value is -0.230. The van der Waals surface area contributed by atoms with Gasteiger partial charge in [0.1, 0.15) is 15.8 Å². The predicted octanol–water partition coefficient (Wildman–Crippen LogP) is 5.67. The summed E-state index contributed by atoms with van der Waals surface area (Å²) in [5.74, 6) is 1.60. The van der Waals surface area contributed by atoms with E-state index in [1.165, 1.54) is 11.3 Å². The number of halogens is 3. The summed E-state index contributed by atoms with van der Waals surface area (Å²) in [5, 5.41) is 0. The highest BCUT2D eigenvalue weighted by Gasteiger charge is 2.19. The fraction of sp³-hybridized carbons (Fsp3) is 0.231. The van der Waals surface area contributed by atoms with Gasteiger partial charge in [-0.25, -0.2) is 0 Å². The summed E-state index contributed by atoms with van der Waals surface area (Å²) in [6.07, 6.45) is 0. The van der Waals surface area contributed by atoms with Crippen LogP contribution in [-0.4, -0.2) is 14.2 Å². The van der Waals surface area contributed by atoms with Gasteiger partial charge in [0.25, 0.3) is 0 Å². The first-order valence-corrected chi connectivity index (χ1v) is 8.28. The van der Waals surface area contributed by atoms with Gasteiger partial charge >= 0.3 is 0 Å². The van der Waals surface area contributed by atoms with E-state index in [1.807, 2.05) is 24.3 Å². The van der Waals surface area contributed by atoms with Crippen LogP contribution < -0.4 is 9.47 Å². The summed E-state index contributed by atoms with van der Waals surface area (Å²) in [6.45, 7) is 0. The maximum absolute atomic E-state index is 6.09. The van der Waals surface area contributed by atoms with Crippen LogP contribution in [0.15, 0.2) is 28.7 Å². The highest BCUT2D eigenvalue weighted by Crippen LogP contribution is 2.44. The zero-order chi connectivity index (χ0) is 14.0. The average Bonchev–Trinajstić information content (AvgIpc) is 2.77. The van der Waals surface area contributed by atoms with E-state index in [0.717, 1.165) is 30.7 Å². The van der Waals surface area contributed by atoms with Crippen molar-refractivity contribution >= 4 is 54.8 Å². The van der Waals surface area contributed by atoms with Gasteiger partial charge in [-0.05, 0) is 40.2 Å². The molecule has 2 aromatic rings. The molecule has 6 heteroatoms. The van der Waals surface area contributed by atoms with Gasteiger partial charge in [0, 0.05) is 14.9 Å². The third-order valence-electron chi connectivity index (χ3n) is 2.62. The lowest BCUT2D eigenvalue weighted by Crippen LogP contribution is -1.96. The van der Waals surface area contributed by atoms with Gasteiger partial charge in [-0.1, -0.05) is 27.5 Å². The lowest BCUT2D eigenvalue weighted by atomic mass is 10.1. The third-order valence-corrected chi connectivity index (χ3v) is 6.45. The molecule has 2 rings (SSSR count). The van der Waals surface area contributed by atoms with E-state index < -0.39 is 0 Å². The van der Waals surface area contributed by atoms with Crippen molar-refractivity contribution in [3.05, 3.63) is 43.5 Å². The number of alkyl halides is 1. The molecule has 0 spiro atoms. The summed E-state index contributed by atoms with van der Waals surface area (Å²) >= 11 is 14.7. The van der Waals surface area contributed by atoms with Crippen LogP contribution in [0.5, 0.6) is 11.5 Å². The molecule has 1 aromatic heterocycles. The normalized spacial score (nSPS) is 12.3. The second-order valence-electron chi connectivity index (χ2n) is 3.74. The van der Waals surface area contributed by atoms with Gasteiger partial charge in [0.2, 0.25) is 0 Å². The van der Waals surface area contributed by atoms with Crippen LogP contribution in [0.4, 0.5) is 0 Å². The number of hydrogen-bond donors (Lipinski definition) is 0. The Morgan fingerprint density at radius 1 is 1.21 bits per heavy atom. The van der Waals surface area contributed by atoms with Crippen LogP contribution >= 0.6 is 54.8 Å². The predicted molar refractivity (Wildman–Crippen MR) is 87.3 cm³/mol. The Labute approximate surface area is 137 Å². The first-order valence-electron chi connectivity index (χ1n) is 5.37. The maximum atomic E-state index is 6.09. The van der Waals surface area contributed by atoms with Crippen LogP contribution in [0, 0.1) is 0 Å². The molecule has 0 radical (unpaired) electrons. The average molecular weight is 427 g/mol. The Balaban J connectivity index is 2.44. The largest absolute Gasteiger partial charge is 0.497 e. The van der Waals surface area contributed by atoms with Crippen molar-refractivity contribution in [2.24, 2.45) is 0 Å². The number of hydrogen-bond acceptors (Lipinski definition) is 3. The van der Waals surface area contributed by atoms with E-state index in [0.29, 0.717) is 0 Å². The zero-order valence-electron chi connectivity index (χ0n) is 10.2. The monoisotopic (exact) mass is 424 g/mol. The minimum absolute atomic E-state index is 0.00588. The SMILES string of the molecule is COc1ccc(OC)c(C(Br)c2cc(Br)c(Cl)s2)c1. The number of methoxy groups -OCH3 is 2. The molecule has 1 aromatic carbocycles. The van der Waals surface area contributed by atoms with Gasteiger partial charge in [0.15, 0.2) is 0 Å². The van der Waals surface area contributed by atoms with E-state index in [9.17, 15) is 0 Å². The fourth-order valence-corrected chi connectivity index (χ4v) is 4.18. The van der Waals surface area contributed by atoms with Crippen LogP contribution in [0.25, 0.3) is 0 Å². The first-order chi connectivity index (χ1) is 9.06. The van der Waals surface area contributed by atoms with E-state index in [4.69, 9.17) is 21.1 Å². The molecule has 1 atom stereocenters. The molecular weight excluding hydrogens is 415 g/mol. The fourth-order valence-electron chi connectivity index (χ4n) is 1.68. The molecular formula is C13H11Br2ClO2S. The molecule has 102 valence electrons. The molecule has 0 aliphatic carbocycles. The standard InChI is InChI=1S/C13H11Br2ClO2S/c1-17-7-3-4-10(18-2)8(5-7)12(15)11-6-9(14)13(16)19-11/h3-6,12H,1-2H3. The third kappa shape index (κ3) is 3.27. The number of rotatable bonds is 4. The van der Waals surface area contributed by atoms with E-state index >= 15 is 0 Å². The van der Waals surface area contributed by atoms with E-state index in [-0.39, 0.29) is 4.83 Å². The highest BCUT2D eigenvalue weighted by atomic mass is 79.9. The Bertz CT molecular complexity index is 567. The molecule has 0 aliphatic heterocycles. The smallest absolute Gasteiger partial charge is 0.123 e. The Kier molecular flexibility index (Phi) is 5.17. The molecule has 0 saturated heterocycles. The first kappa shape index (κ1) is 15.2. The summed E-state index contributed by atoms with van der Waals surface area (Å²) in [5.41, 5.74) is 1.01. The molecule has 0 N–H and O–H groups in total. The lowest BCUT2D eigenvalue weighted by molar-refractivity contribution is 0.399. The Morgan fingerprint density at radius 3 is 2.47 bits per heavy atom. The van der Waals surface area contributed by atoms with Crippen molar-refractivity contribution in [2.45, 2.75) is 4.83 Å². The topological polar surface area (TPSA) is 18.5 Å². The molecule has 1 unspecified atom stereocenters. The van der Waals surface area contributed by atoms with Gasteiger partial charge in [0.05, 0.1) is 19.0 Å². The van der Waals surface area contributed by atoms with E-state index in [1.54, 1.807) is 14.2 Å². The second-order valence-corrected chi connectivity index (χ2v) is 7.20. The molecule has 0 amide bonds. The Morgan fingerprint density at radius 2 is 1.95 bits per heavy atom. The molecule has 19 heavy (non-hydrogen) atoms. The van der Waals surface area contributed by atoms with Crippen molar-refractivity contribution in [3.63, 3.8) is 0 Å². The molecule has 1 heterocycles. The van der Waals surface area contributed by atoms with Crippen molar-refractivity contribution < 1.29 is 9.47 Å². The van der Waals surface area contributed by atoms with Gasteiger partial charge in [-0.15, -0.1) is 11.3 Å². The zero-order valence-corrected chi connectivity index (χ0v) is 15.0. The molecule has 2 nitrogen and oxygen atoms in total. The summed E-state index contributed by atoms with van der Waals surface area (Å²) in [4.78, 5) is 1.11. The van der Waals surface area contributed by atoms with Crippen molar-refractivity contribution in [2.75, 3.05) is 14.2 Å². The van der Waals surface area contributed by atoms with E-state index in [2.05, 4.69) is 31.9 Å². The molecule has 0 bridgehead atoms. The summed E-state index contributed by atoms with van der Waals surface area (Å²) in [6, 6.07) is 7.73. The molecule has 0 fully saturated rings. The molecule has 0 saturated carbocycles. The summed E-state index contributed by atoms with van der Waals surface area (Å²) < 4.78 is 12.3. The van der Waals surface area contributed by atoms with Crippen molar-refractivity contribution in [1.82, 2.24) is 0 Å². The number of thiophene rings is 1. The van der Waals surface area contributed by atoms with Gasteiger partial charge in [-0.3, -0.25) is 0 Å². The second kappa shape index (κ2) is 6.48. The minimum atomic E-state index is 0.00588. The highest BCUT2D eigenvalue weighted by molar-refractivity contribution is 9.10. The van der Waals surface area contributed by atoms with Gasteiger partial charge in [-0.2, -0.15) is 0 Å². The number of benzene rings is 1. The van der Waals surface area contributed by atoms with Crippen LogP contribution in [0.1, 0.15) is 15.3 Å². The van der Waals surface area contributed by atoms with Crippen LogP contribution in [0.3, 0.4) is 0 Å². The van der Waals surface area contributed by atoms with Crippen LogP contribution in [0.2, 0.25) is 4.34 Å².